The first-order valence-electron chi connectivity index (χ1n) is 9.87. The van der Waals surface area contributed by atoms with Crippen LogP contribution in [-0.2, 0) is 13.9 Å². The number of nitrogens with one attached hydrogen (secondary N) is 1. The van der Waals surface area contributed by atoms with Gasteiger partial charge in [0.15, 0.2) is 14.6 Å². The maximum Gasteiger partial charge on any atom is 0.328 e. The van der Waals surface area contributed by atoms with Gasteiger partial charge in [0.05, 0.1) is 31.1 Å². The lowest BCUT2D eigenvalue weighted by Crippen LogP contribution is -2.53. The number of ether oxygens (including phenoxy) is 2. The minimum Gasteiger partial charge on any atom is -0.414 e. The first kappa shape index (κ1) is 23.9. The van der Waals surface area contributed by atoms with Crippen molar-refractivity contribution in [2.75, 3.05) is 6.61 Å². The number of aromatic amines is 1. The number of hydrogen-bond donors (Lipinski definition) is 2. The van der Waals surface area contributed by atoms with E-state index in [0.29, 0.717) is 0 Å². The van der Waals surface area contributed by atoms with E-state index in [2.05, 4.69) is 33.9 Å². The number of aliphatic hydroxyl groups excluding tert-OH is 1. The Kier molecular flexibility index (Phi) is 7.27. The Hall–Kier alpha value is -1.33. The lowest BCUT2D eigenvalue weighted by molar-refractivity contribution is -0.260. The van der Waals surface area contributed by atoms with Gasteiger partial charge in [0.25, 0.3) is 5.56 Å². The quantitative estimate of drug-likeness (QED) is 0.668. The fourth-order valence-corrected chi connectivity index (χ4v) is 3.88. The summed E-state index contributed by atoms with van der Waals surface area (Å²) in [4.78, 5) is 25.5. The first-order valence-corrected chi connectivity index (χ1v) is 12.8. The Morgan fingerprint density at radius 3 is 2.55 bits per heavy atom. The Morgan fingerprint density at radius 2 is 2.00 bits per heavy atom. The lowest BCUT2D eigenvalue weighted by Gasteiger charge is -2.42. The van der Waals surface area contributed by atoms with Crippen molar-refractivity contribution >= 4 is 8.32 Å². The standard InChI is InChI=1S/C19H33FN2O6Si/c1-11(2)27-17-13(22-9-12(20)16(24)21-18(22)25)8-14(23)15(28-17)10-26-29(6,7)19(3,4)5/h9,11,13-15,17,23H,8,10H2,1-7H3,(H,21,24,25)/t13-,14+,15+,17-/m0/s1. The van der Waals surface area contributed by atoms with Gasteiger partial charge in [0, 0.05) is 6.42 Å². The molecule has 4 atom stereocenters. The topological polar surface area (TPSA) is 103 Å². The van der Waals surface area contributed by atoms with Crippen molar-refractivity contribution in [3.8, 4) is 0 Å². The second kappa shape index (κ2) is 8.81. The predicted molar refractivity (Wildman–Crippen MR) is 109 cm³/mol. The van der Waals surface area contributed by atoms with Crippen molar-refractivity contribution < 1.29 is 23.4 Å². The molecule has 0 amide bonds. The normalized spacial score (nSPS) is 26.1. The fourth-order valence-electron chi connectivity index (χ4n) is 2.86. The highest BCUT2D eigenvalue weighted by Crippen LogP contribution is 2.37. The van der Waals surface area contributed by atoms with E-state index in [-0.39, 0.29) is 24.2 Å². The zero-order valence-corrected chi connectivity index (χ0v) is 19.2. The Balaban J connectivity index is 2.25. The lowest BCUT2D eigenvalue weighted by atomic mass is 10.0. The molecule has 2 rings (SSSR count). The molecule has 10 heteroatoms. The average molecular weight is 433 g/mol. The number of hydrogen-bond acceptors (Lipinski definition) is 6. The third-order valence-corrected chi connectivity index (χ3v) is 10.1. The molecule has 0 saturated carbocycles. The van der Waals surface area contributed by atoms with E-state index < -0.39 is 49.9 Å². The van der Waals surface area contributed by atoms with Crippen molar-refractivity contribution in [1.29, 1.82) is 0 Å². The van der Waals surface area contributed by atoms with Crippen LogP contribution in [0.25, 0.3) is 0 Å². The zero-order chi connectivity index (χ0) is 22.1. The van der Waals surface area contributed by atoms with Gasteiger partial charge in [-0.3, -0.25) is 14.3 Å². The second-order valence-corrected chi connectivity index (χ2v) is 14.1. The van der Waals surface area contributed by atoms with E-state index >= 15 is 0 Å². The minimum atomic E-state index is -2.05. The van der Waals surface area contributed by atoms with E-state index in [0.717, 1.165) is 10.8 Å². The molecule has 1 aliphatic heterocycles. The third kappa shape index (κ3) is 5.63. The van der Waals surface area contributed by atoms with Gasteiger partial charge in [-0.25, -0.2) is 4.79 Å². The van der Waals surface area contributed by atoms with E-state index in [1.54, 1.807) is 0 Å². The summed E-state index contributed by atoms with van der Waals surface area (Å²) in [6, 6.07) is -0.796. The molecule has 2 N–H and O–H groups in total. The molecule has 1 aromatic heterocycles. The van der Waals surface area contributed by atoms with Crippen LogP contribution < -0.4 is 11.2 Å². The third-order valence-electron chi connectivity index (χ3n) is 5.64. The molecule has 0 unspecified atom stereocenters. The van der Waals surface area contributed by atoms with E-state index in [9.17, 15) is 19.1 Å². The Bertz CT molecular complexity index is 816. The van der Waals surface area contributed by atoms with Gasteiger partial charge in [-0.2, -0.15) is 4.39 Å². The molecule has 0 aliphatic carbocycles. The summed E-state index contributed by atoms with van der Waals surface area (Å²) >= 11 is 0. The predicted octanol–water partition coefficient (Wildman–Crippen LogP) is 2.14. The summed E-state index contributed by atoms with van der Waals surface area (Å²) < 4.78 is 32.7. The number of H-pyrrole nitrogens is 1. The van der Waals surface area contributed by atoms with Crippen LogP contribution in [0.4, 0.5) is 4.39 Å². The van der Waals surface area contributed by atoms with Crippen molar-refractivity contribution in [1.82, 2.24) is 9.55 Å². The molecule has 0 aromatic carbocycles. The molecule has 0 spiro atoms. The van der Waals surface area contributed by atoms with Crippen LogP contribution in [0.15, 0.2) is 15.8 Å². The first-order chi connectivity index (χ1) is 13.2. The molecule has 0 radical (unpaired) electrons. The maximum absolute atomic E-state index is 13.8. The molecular weight excluding hydrogens is 399 g/mol. The molecule has 166 valence electrons. The molecule has 1 fully saturated rings. The van der Waals surface area contributed by atoms with Crippen LogP contribution >= 0.6 is 0 Å². The summed E-state index contributed by atoms with van der Waals surface area (Å²) in [5, 5.41) is 10.6. The SMILES string of the molecule is CC(C)O[C@H]1O[C@H](CO[Si](C)(C)C(C)(C)C)[C@H](O)C[C@@H]1n1cc(F)c(=O)[nH]c1=O. The van der Waals surface area contributed by atoms with E-state index in [4.69, 9.17) is 13.9 Å². The molecule has 1 aliphatic rings. The monoisotopic (exact) mass is 432 g/mol. The van der Waals surface area contributed by atoms with Crippen molar-refractivity contribution in [2.24, 2.45) is 0 Å². The molecule has 8 nitrogen and oxygen atoms in total. The molecule has 1 saturated heterocycles. The number of rotatable bonds is 6. The van der Waals surface area contributed by atoms with Crippen LogP contribution in [0.3, 0.4) is 0 Å². The fraction of sp³-hybridized carbons (Fsp3) is 0.789. The number of nitrogens with zero attached hydrogens (tertiary/aromatic N) is 1. The summed E-state index contributed by atoms with van der Waals surface area (Å²) in [5.41, 5.74) is -1.88. The molecule has 2 heterocycles. The summed E-state index contributed by atoms with van der Waals surface area (Å²) in [5.74, 6) is -1.09. The van der Waals surface area contributed by atoms with Crippen molar-refractivity contribution in [3.05, 3.63) is 32.9 Å². The smallest absolute Gasteiger partial charge is 0.328 e. The highest BCUT2D eigenvalue weighted by Gasteiger charge is 2.43. The van der Waals surface area contributed by atoms with Crippen molar-refractivity contribution in [2.45, 2.75) is 89.8 Å². The molecular formula is C19H33FN2O6Si. The molecule has 29 heavy (non-hydrogen) atoms. The van der Waals surface area contributed by atoms with Gasteiger partial charge in [0.1, 0.15) is 6.10 Å². The minimum absolute atomic E-state index is 0.00371. The van der Waals surface area contributed by atoms with Gasteiger partial charge in [-0.15, -0.1) is 0 Å². The highest BCUT2D eigenvalue weighted by atomic mass is 28.4. The van der Waals surface area contributed by atoms with Crippen LogP contribution in [-0.4, -0.2) is 54.2 Å². The largest absolute Gasteiger partial charge is 0.414 e. The van der Waals surface area contributed by atoms with Crippen LogP contribution in [0.5, 0.6) is 0 Å². The number of aliphatic hydroxyl groups is 1. The summed E-state index contributed by atoms with van der Waals surface area (Å²) in [6.07, 6.45) is -1.82. The Labute approximate surface area is 171 Å². The highest BCUT2D eigenvalue weighted by molar-refractivity contribution is 6.74. The van der Waals surface area contributed by atoms with Gasteiger partial charge >= 0.3 is 5.69 Å². The number of halogens is 1. The Morgan fingerprint density at radius 1 is 1.38 bits per heavy atom. The van der Waals surface area contributed by atoms with Crippen LogP contribution in [0.2, 0.25) is 18.1 Å². The van der Waals surface area contributed by atoms with Crippen LogP contribution in [0.1, 0.15) is 47.1 Å². The van der Waals surface area contributed by atoms with E-state index in [1.807, 2.05) is 18.8 Å². The maximum atomic E-state index is 13.8. The zero-order valence-electron chi connectivity index (χ0n) is 18.2. The summed E-state index contributed by atoms with van der Waals surface area (Å²) in [7, 11) is -2.05. The average Bonchev–Trinajstić information content (AvgIpc) is 2.57. The van der Waals surface area contributed by atoms with Crippen LogP contribution in [0, 0.1) is 5.82 Å². The number of aromatic nitrogens is 2. The van der Waals surface area contributed by atoms with Gasteiger partial charge in [-0.05, 0) is 32.0 Å². The van der Waals surface area contributed by atoms with Crippen molar-refractivity contribution in [3.63, 3.8) is 0 Å². The molecule has 0 bridgehead atoms. The van der Waals surface area contributed by atoms with Gasteiger partial charge in [-0.1, -0.05) is 20.8 Å². The second-order valence-electron chi connectivity index (χ2n) is 9.31. The van der Waals surface area contributed by atoms with Gasteiger partial charge < -0.3 is 19.0 Å². The van der Waals surface area contributed by atoms with Gasteiger partial charge in [0.2, 0.25) is 5.82 Å². The molecule has 1 aromatic rings. The van der Waals surface area contributed by atoms with E-state index in [1.165, 1.54) is 0 Å². The summed E-state index contributed by atoms with van der Waals surface area (Å²) in [6.45, 7) is 14.4.